The standard InChI is InChI=1S/C21H24FN3O3/c1-3-4-5-6-12-28-18-9-7-8-15(19(18)22)13-24-21(26)17-11-10-16(14-27-2)25-20(17)23/h1,7-11H,4-6,12-14H2,2H3,(H2,23,25)(H,24,26). The lowest BCUT2D eigenvalue weighted by molar-refractivity contribution is 0.0951. The molecule has 0 bridgehead atoms. The molecule has 28 heavy (non-hydrogen) atoms. The van der Waals surface area contributed by atoms with Crippen LogP contribution in [0, 0.1) is 18.2 Å². The maximum absolute atomic E-state index is 14.6. The molecular weight excluding hydrogens is 361 g/mol. The van der Waals surface area contributed by atoms with E-state index in [0.717, 1.165) is 12.8 Å². The van der Waals surface area contributed by atoms with E-state index in [4.69, 9.17) is 21.6 Å². The minimum Gasteiger partial charge on any atom is -0.491 e. The Morgan fingerprint density at radius 1 is 1.32 bits per heavy atom. The Morgan fingerprint density at radius 3 is 2.86 bits per heavy atom. The van der Waals surface area contributed by atoms with Crippen molar-refractivity contribution >= 4 is 11.7 Å². The van der Waals surface area contributed by atoms with Gasteiger partial charge in [0.15, 0.2) is 11.6 Å². The first-order valence-electron chi connectivity index (χ1n) is 8.93. The van der Waals surface area contributed by atoms with Gasteiger partial charge in [0, 0.05) is 25.6 Å². The van der Waals surface area contributed by atoms with Crippen molar-refractivity contribution in [2.24, 2.45) is 0 Å². The molecule has 0 unspecified atom stereocenters. The first-order chi connectivity index (χ1) is 13.6. The van der Waals surface area contributed by atoms with Crippen molar-refractivity contribution < 1.29 is 18.7 Å². The van der Waals surface area contributed by atoms with E-state index < -0.39 is 11.7 Å². The number of terminal acetylenes is 1. The molecule has 0 aliphatic rings. The van der Waals surface area contributed by atoms with Crippen LogP contribution >= 0.6 is 0 Å². The van der Waals surface area contributed by atoms with Gasteiger partial charge in [0.2, 0.25) is 0 Å². The van der Waals surface area contributed by atoms with E-state index in [9.17, 15) is 9.18 Å². The zero-order chi connectivity index (χ0) is 20.4. The fraction of sp³-hybridized carbons (Fsp3) is 0.333. The molecule has 0 saturated carbocycles. The number of carbonyl (C=O) groups is 1. The van der Waals surface area contributed by atoms with Crippen LogP contribution in [0.2, 0.25) is 0 Å². The Kier molecular flexibility index (Phi) is 8.25. The summed E-state index contributed by atoms with van der Waals surface area (Å²) >= 11 is 0. The number of carbonyl (C=O) groups excluding carboxylic acids is 1. The van der Waals surface area contributed by atoms with Gasteiger partial charge in [0.25, 0.3) is 5.91 Å². The third kappa shape index (κ3) is 5.96. The van der Waals surface area contributed by atoms with E-state index >= 15 is 0 Å². The minimum absolute atomic E-state index is 0.00176. The quantitative estimate of drug-likeness (QED) is 0.485. The molecule has 0 aliphatic carbocycles. The molecule has 0 atom stereocenters. The number of nitrogens with two attached hydrogens (primary N) is 1. The topological polar surface area (TPSA) is 86.5 Å². The second-order valence-electron chi connectivity index (χ2n) is 6.09. The summed E-state index contributed by atoms with van der Waals surface area (Å²) in [6, 6.07) is 8.04. The highest BCUT2D eigenvalue weighted by atomic mass is 19.1. The number of rotatable bonds is 10. The smallest absolute Gasteiger partial charge is 0.255 e. The fourth-order valence-corrected chi connectivity index (χ4v) is 2.52. The molecule has 0 radical (unpaired) electrons. The number of hydrogen-bond donors (Lipinski definition) is 2. The molecule has 3 N–H and O–H groups in total. The average Bonchev–Trinajstić information content (AvgIpc) is 2.68. The Labute approximate surface area is 164 Å². The third-order valence-electron chi connectivity index (χ3n) is 3.97. The third-order valence-corrected chi connectivity index (χ3v) is 3.97. The molecular formula is C21H24FN3O3. The van der Waals surface area contributed by atoms with Crippen LogP contribution in [0.3, 0.4) is 0 Å². The van der Waals surface area contributed by atoms with Crippen molar-refractivity contribution in [2.75, 3.05) is 19.5 Å². The summed E-state index contributed by atoms with van der Waals surface area (Å²) in [7, 11) is 1.54. The minimum atomic E-state index is -0.499. The number of aromatic nitrogens is 1. The number of nitrogens with zero attached hydrogens (tertiary/aromatic N) is 1. The van der Waals surface area contributed by atoms with Crippen molar-refractivity contribution in [3.05, 3.63) is 53.0 Å². The molecule has 1 amide bonds. The molecule has 0 spiro atoms. The maximum atomic E-state index is 14.6. The van der Waals surface area contributed by atoms with Crippen molar-refractivity contribution in [1.29, 1.82) is 0 Å². The van der Waals surface area contributed by atoms with Crippen LogP contribution in [-0.2, 0) is 17.9 Å². The number of methoxy groups -OCH3 is 1. The van der Waals surface area contributed by atoms with Crippen molar-refractivity contribution in [1.82, 2.24) is 10.3 Å². The number of benzene rings is 1. The van der Waals surface area contributed by atoms with Crippen LogP contribution in [0.1, 0.15) is 40.9 Å². The number of amides is 1. The number of pyridine rings is 1. The zero-order valence-corrected chi connectivity index (χ0v) is 15.8. The average molecular weight is 385 g/mol. The van der Waals surface area contributed by atoms with E-state index in [2.05, 4.69) is 16.2 Å². The highest BCUT2D eigenvalue weighted by molar-refractivity contribution is 5.98. The van der Waals surface area contributed by atoms with Gasteiger partial charge in [0.05, 0.1) is 24.5 Å². The van der Waals surface area contributed by atoms with E-state index in [-0.39, 0.29) is 23.7 Å². The Hall–Kier alpha value is -3.11. The van der Waals surface area contributed by atoms with E-state index in [1.807, 2.05) is 0 Å². The van der Waals surface area contributed by atoms with Gasteiger partial charge < -0.3 is 20.5 Å². The highest BCUT2D eigenvalue weighted by Crippen LogP contribution is 2.21. The summed E-state index contributed by atoms with van der Waals surface area (Å²) < 4.78 is 25.0. The van der Waals surface area contributed by atoms with Gasteiger partial charge in [-0.2, -0.15) is 0 Å². The van der Waals surface area contributed by atoms with Gasteiger partial charge in [0.1, 0.15) is 5.82 Å². The van der Waals surface area contributed by atoms with Gasteiger partial charge in [-0.1, -0.05) is 12.1 Å². The molecule has 6 nitrogen and oxygen atoms in total. The van der Waals surface area contributed by atoms with Gasteiger partial charge >= 0.3 is 0 Å². The zero-order valence-electron chi connectivity index (χ0n) is 15.8. The van der Waals surface area contributed by atoms with Crippen LogP contribution in [-0.4, -0.2) is 24.6 Å². The Morgan fingerprint density at radius 2 is 2.14 bits per heavy atom. The second kappa shape index (κ2) is 10.9. The molecule has 1 aromatic heterocycles. The van der Waals surface area contributed by atoms with Gasteiger partial charge in [-0.3, -0.25) is 4.79 Å². The molecule has 1 heterocycles. The predicted octanol–water partition coefficient (Wildman–Crippen LogP) is 3.06. The van der Waals surface area contributed by atoms with E-state index in [0.29, 0.717) is 30.9 Å². The van der Waals surface area contributed by atoms with Crippen LogP contribution in [0.15, 0.2) is 30.3 Å². The largest absolute Gasteiger partial charge is 0.491 e. The van der Waals surface area contributed by atoms with E-state index in [1.165, 1.54) is 0 Å². The second-order valence-corrected chi connectivity index (χ2v) is 6.09. The Bertz CT molecular complexity index is 849. The number of nitrogens with one attached hydrogen (secondary N) is 1. The molecule has 2 aromatic rings. The maximum Gasteiger partial charge on any atom is 0.255 e. The summed E-state index contributed by atoms with van der Waals surface area (Å²) in [5.41, 5.74) is 6.99. The molecule has 148 valence electrons. The highest BCUT2D eigenvalue weighted by Gasteiger charge is 2.14. The molecule has 0 fully saturated rings. The molecule has 1 aromatic carbocycles. The monoisotopic (exact) mass is 385 g/mol. The van der Waals surface area contributed by atoms with Crippen molar-refractivity contribution in [2.45, 2.75) is 32.4 Å². The number of anilines is 1. The number of nitrogen functional groups attached to an aromatic ring is 1. The first-order valence-corrected chi connectivity index (χ1v) is 8.93. The predicted molar refractivity (Wildman–Crippen MR) is 105 cm³/mol. The summed E-state index contributed by atoms with van der Waals surface area (Å²) in [6.07, 6.45) is 7.43. The lowest BCUT2D eigenvalue weighted by Crippen LogP contribution is -2.25. The molecule has 0 aliphatic heterocycles. The lowest BCUT2D eigenvalue weighted by atomic mass is 10.1. The first kappa shape index (κ1) is 21.2. The SMILES string of the molecule is C#CCCCCOc1cccc(CNC(=O)c2ccc(COC)nc2N)c1F. The fourth-order valence-electron chi connectivity index (χ4n) is 2.52. The van der Waals surface area contributed by atoms with Crippen molar-refractivity contribution in [3.63, 3.8) is 0 Å². The van der Waals surface area contributed by atoms with Gasteiger partial charge in [-0.25, -0.2) is 9.37 Å². The number of halogens is 1. The van der Waals surface area contributed by atoms with Crippen LogP contribution in [0.5, 0.6) is 5.75 Å². The van der Waals surface area contributed by atoms with Gasteiger partial charge in [-0.05, 0) is 31.0 Å². The van der Waals surface area contributed by atoms with Crippen LogP contribution in [0.4, 0.5) is 10.2 Å². The van der Waals surface area contributed by atoms with Crippen LogP contribution < -0.4 is 15.8 Å². The summed E-state index contributed by atoms with van der Waals surface area (Å²) in [5, 5.41) is 2.65. The van der Waals surface area contributed by atoms with Gasteiger partial charge in [-0.15, -0.1) is 12.3 Å². The molecule has 2 rings (SSSR count). The molecule has 7 heteroatoms. The summed E-state index contributed by atoms with van der Waals surface area (Å²) in [6.45, 7) is 0.676. The van der Waals surface area contributed by atoms with Crippen molar-refractivity contribution in [3.8, 4) is 18.1 Å². The summed E-state index contributed by atoms with van der Waals surface area (Å²) in [4.78, 5) is 16.5. The van der Waals surface area contributed by atoms with Crippen LogP contribution in [0.25, 0.3) is 0 Å². The number of unbranched alkanes of at least 4 members (excludes halogenated alkanes) is 2. The number of ether oxygens (including phenoxy) is 2. The molecule has 0 saturated heterocycles. The van der Waals surface area contributed by atoms with E-state index in [1.54, 1.807) is 37.4 Å². The Balaban J connectivity index is 1.96. The lowest BCUT2D eigenvalue weighted by Gasteiger charge is -2.12. The summed E-state index contributed by atoms with van der Waals surface area (Å²) in [5.74, 6) is 1.86. The number of hydrogen-bond acceptors (Lipinski definition) is 5. The normalized spacial score (nSPS) is 10.3.